The van der Waals surface area contributed by atoms with Crippen LogP contribution in [0.2, 0.25) is 0 Å². The van der Waals surface area contributed by atoms with Gasteiger partial charge in [-0.3, -0.25) is 9.59 Å². The molecule has 1 saturated heterocycles. The Labute approximate surface area is 153 Å². The van der Waals surface area contributed by atoms with Gasteiger partial charge in [-0.1, -0.05) is 19.1 Å². The van der Waals surface area contributed by atoms with Crippen LogP contribution in [-0.2, 0) is 9.59 Å². The molecule has 0 saturated carbocycles. The van der Waals surface area contributed by atoms with E-state index in [1.54, 1.807) is 0 Å². The second-order valence-electron chi connectivity index (χ2n) is 6.40. The fourth-order valence-corrected chi connectivity index (χ4v) is 4.41. The van der Waals surface area contributed by atoms with Gasteiger partial charge >= 0.3 is 0 Å². The third-order valence-corrected chi connectivity index (χ3v) is 5.91. The molecule has 2 aliphatic rings. The second kappa shape index (κ2) is 8.23. The van der Waals surface area contributed by atoms with Crippen LogP contribution < -0.4 is 11.1 Å². The number of nitrogens with two attached hydrogens (primary N) is 1. The first kappa shape index (κ1) is 19.1. The van der Waals surface area contributed by atoms with Crippen molar-refractivity contribution in [1.82, 2.24) is 4.90 Å². The van der Waals surface area contributed by atoms with Crippen LogP contribution in [0.4, 0.5) is 5.69 Å². The SMILES string of the molecule is CC1CCN(C(=O)CC2Sc3ccccc3NC2=O)C(CN)C1.Cl. The van der Waals surface area contributed by atoms with E-state index in [4.69, 9.17) is 5.73 Å². The molecule has 2 amide bonds. The minimum atomic E-state index is -0.366. The van der Waals surface area contributed by atoms with Crippen LogP contribution >= 0.6 is 24.2 Å². The molecule has 3 atom stereocenters. The Balaban J connectivity index is 0.00000208. The van der Waals surface area contributed by atoms with Gasteiger partial charge in [0.05, 0.1) is 10.9 Å². The Morgan fingerprint density at radius 2 is 2.17 bits per heavy atom. The number of piperidine rings is 1. The van der Waals surface area contributed by atoms with E-state index in [1.165, 1.54) is 11.8 Å². The zero-order valence-corrected chi connectivity index (χ0v) is 15.4. The Morgan fingerprint density at radius 3 is 2.92 bits per heavy atom. The summed E-state index contributed by atoms with van der Waals surface area (Å²) in [6.45, 7) is 3.44. The number of hydrogen-bond acceptors (Lipinski definition) is 4. The molecule has 0 bridgehead atoms. The van der Waals surface area contributed by atoms with Crippen LogP contribution in [0.3, 0.4) is 0 Å². The summed E-state index contributed by atoms with van der Waals surface area (Å²) in [7, 11) is 0. The largest absolute Gasteiger partial charge is 0.338 e. The van der Waals surface area contributed by atoms with Gasteiger partial charge in [-0.2, -0.15) is 0 Å². The minimum absolute atomic E-state index is 0. The number of amides is 2. The van der Waals surface area contributed by atoms with Crippen LogP contribution in [0.5, 0.6) is 0 Å². The summed E-state index contributed by atoms with van der Waals surface area (Å²) >= 11 is 1.48. The molecule has 5 nitrogen and oxygen atoms in total. The quantitative estimate of drug-likeness (QED) is 0.858. The molecule has 0 spiro atoms. The van der Waals surface area contributed by atoms with Gasteiger partial charge in [-0.25, -0.2) is 0 Å². The van der Waals surface area contributed by atoms with Gasteiger partial charge in [0.25, 0.3) is 0 Å². The number of benzene rings is 1. The highest BCUT2D eigenvalue weighted by molar-refractivity contribution is 8.01. The maximum atomic E-state index is 12.7. The highest BCUT2D eigenvalue weighted by Crippen LogP contribution is 2.37. The average Bonchev–Trinajstić information content (AvgIpc) is 2.55. The number of anilines is 1. The van der Waals surface area contributed by atoms with E-state index in [-0.39, 0.29) is 41.9 Å². The number of nitrogens with zero attached hydrogens (tertiary/aromatic N) is 1. The third-order valence-electron chi connectivity index (χ3n) is 4.64. The summed E-state index contributed by atoms with van der Waals surface area (Å²) in [5.74, 6) is 0.558. The van der Waals surface area contributed by atoms with Crippen molar-refractivity contribution in [3.8, 4) is 0 Å². The van der Waals surface area contributed by atoms with Crippen LogP contribution in [0, 0.1) is 5.92 Å². The molecule has 1 fully saturated rings. The third kappa shape index (κ3) is 4.05. The number of halogens is 1. The standard InChI is InChI=1S/C17H23N3O2S.ClH/c1-11-6-7-20(12(8-11)10-18)16(21)9-15-17(22)19-13-4-2-3-5-14(13)23-15;/h2-5,11-12,15H,6-10,18H2,1H3,(H,19,22);1H. The van der Waals surface area contributed by atoms with Crippen molar-refractivity contribution in [3.63, 3.8) is 0 Å². The van der Waals surface area contributed by atoms with Crippen molar-refractivity contribution >= 4 is 41.7 Å². The Kier molecular flexibility index (Phi) is 6.54. The number of likely N-dealkylation sites (tertiary alicyclic amines) is 1. The molecule has 0 radical (unpaired) electrons. The van der Waals surface area contributed by atoms with Crippen LogP contribution in [0.15, 0.2) is 29.2 Å². The lowest BCUT2D eigenvalue weighted by Crippen LogP contribution is -2.50. The molecule has 0 aliphatic carbocycles. The molecule has 24 heavy (non-hydrogen) atoms. The number of hydrogen-bond donors (Lipinski definition) is 2. The lowest BCUT2D eigenvalue weighted by atomic mass is 9.92. The fourth-order valence-electron chi connectivity index (χ4n) is 3.31. The topological polar surface area (TPSA) is 75.4 Å². The second-order valence-corrected chi connectivity index (χ2v) is 7.65. The molecule has 0 aromatic heterocycles. The molecule has 1 aromatic carbocycles. The van der Waals surface area contributed by atoms with E-state index in [0.717, 1.165) is 30.0 Å². The summed E-state index contributed by atoms with van der Waals surface area (Å²) in [5.41, 5.74) is 6.67. The molecule has 3 N–H and O–H groups in total. The van der Waals surface area contributed by atoms with E-state index >= 15 is 0 Å². The van der Waals surface area contributed by atoms with Crippen LogP contribution in [0.1, 0.15) is 26.2 Å². The van der Waals surface area contributed by atoms with Crippen molar-refractivity contribution in [3.05, 3.63) is 24.3 Å². The first-order valence-corrected chi connectivity index (χ1v) is 9.02. The van der Waals surface area contributed by atoms with Crippen LogP contribution in [0.25, 0.3) is 0 Å². The molecule has 3 unspecified atom stereocenters. The number of nitrogens with one attached hydrogen (secondary N) is 1. The van der Waals surface area contributed by atoms with E-state index in [1.807, 2.05) is 29.2 Å². The maximum Gasteiger partial charge on any atom is 0.238 e. The highest BCUT2D eigenvalue weighted by atomic mass is 35.5. The highest BCUT2D eigenvalue weighted by Gasteiger charge is 2.34. The first-order valence-electron chi connectivity index (χ1n) is 8.14. The Bertz CT molecular complexity index is 613. The molecular formula is C17H24ClN3O2S. The zero-order valence-electron chi connectivity index (χ0n) is 13.7. The predicted molar refractivity (Wildman–Crippen MR) is 99.5 cm³/mol. The van der Waals surface area contributed by atoms with Gasteiger partial charge in [0.1, 0.15) is 0 Å². The average molecular weight is 370 g/mol. The minimum Gasteiger partial charge on any atom is -0.338 e. The van der Waals surface area contributed by atoms with E-state index in [9.17, 15) is 9.59 Å². The summed E-state index contributed by atoms with van der Waals surface area (Å²) in [6.07, 6.45) is 2.19. The van der Waals surface area contributed by atoms with Crippen molar-refractivity contribution in [2.24, 2.45) is 11.7 Å². The molecule has 132 valence electrons. The number of carbonyl (C=O) groups is 2. The molecule has 2 heterocycles. The number of para-hydroxylation sites is 1. The molecule has 2 aliphatic heterocycles. The van der Waals surface area contributed by atoms with Crippen molar-refractivity contribution < 1.29 is 9.59 Å². The number of rotatable bonds is 3. The first-order chi connectivity index (χ1) is 11.1. The monoisotopic (exact) mass is 369 g/mol. The number of carbonyl (C=O) groups excluding carboxylic acids is 2. The van der Waals surface area contributed by atoms with E-state index in [0.29, 0.717) is 12.5 Å². The molecule has 1 aromatic rings. The zero-order chi connectivity index (χ0) is 16.4. The molecular weight excluding hydrogens is 346 g/mol. The number of thioether (sulfide) groups is 1. The van der Waals surface area contributed by atoms with Crippen molar-refractivity contribution in [1.29, 1.82) is 0 Å². The van der Waals surface area contributed by atoms with Gasteiger partial charge in [0, 0.05) is 30.4 Å². The van der Waals surface area contributed by atoms with Gasteiger partial charge in [-0.05, 0) is 30.9 Å². The van der Waals surface area contributed by atoms with Gasteiger partial charge in [0.2, 0.25) is 11.8 Å². The fraction of sp³-hybridized carbons (Fsp3) is 0.529. The maximum absolute atomic E-state index is 12.7. The van der Waals surface area contributed by atoms with E-state index in [2.05, 4.69) is 12.2 Å². The Morgan fingerprint density at radius 1 is 1.42 bits per heavy atom. The van der Waals surface area contributed by atoms with Gasteiger partial charge in [-0.15, -0.1) is 24.2 Å². The van der Waals surface area contributed by atoms with E-state index < -0.39 is 0 Å². The van der Waals surface area contributed by atoms with Crippen LogP contribution in [-0.4, -0.2) is 41.1 Å². The predicted octanol–water partition coefficient (Wildman–Crippen LogP) is 2.50. The number of fused-ring (bicyclic) bond motifs is 1. The lowest BCUT2D eigenvalue weighted by molar-refractivity contribution is -0.136. The summed E-state index contributed by atoms with van der Waals surface area (Å²) in [5, 5.41) is 2.53. The lowest BCUT2D eigenvalue weighted by Gasteiger charge is -2.38. The summed E-state index contributed by atoms with van der Waals surface area (Å²) < 4.78 is 0. The van der Waals surface area contributed by atoms with Crippen molar-refractivity contribution in [2.75, 3.05) is 18.4 Å². The summed E-state index contributed by atoms with van der Waals surface area (Å²) in [4.78, 5) is 27.8. The van der Waals surface area contributed by atoms with Crippen molar-refractivity contribution in [2.45, 2.75) is 42.4 Å². The summed E-state index contributed by atoms with van der Waals surface area (Å²) in [6, 6.07) is 7.80. The smallest absolute Gasteiger partial charge is 0.238 e. The Hall–Kier alpha value is -1.24. The van der Waals surface area contributed by atoms with Gasteiger partial charge < -0.3 is 16.0 Å². The molecule has 7 heteroatoms. The van der Waals surface area contributed by atoms with Gasteiger partial charge in [0.15, 0.2) is 0 Å². The normalized spacial score (nSPS) is 26.2. The molecule has 3 rings (SSSR count).